The Morgan fingerprint density at radius 2 is 1.56 bits per heavy atom. The fraction of sp³-hybridized carbons (Fsp3) is 0.600. The first-order valence-electron chi connectivity index (χ1n) is 9.16. The molecule has 1 aliphatic rings. The van der Waals surface area contributed by atoms with Crippen LogP contribution in [0.25, 0.3) is 0 Å². The van der Waals surface area contributed by atoms with Gasteiger partial charge in [0.2, 0.25) is 5.91 Å². The van der Waals surface area contributed by atoms with Gasteiger partial charge in [0.1, 0.15) is 11.7 Å². The molecule has 0 saturated carbocycles. The fourth-order valence-electron chi connectivity index (χ4n) is 5.11. The van der Waals surface area contributed by atoms with Crippen molar-refractivity contribution in [2.75, 3.05) is 6.54 Å². The van der Waals surface area contributed by atoms with Gasteiger partial charge < -0.3 is 4.90 Å². The number of Topliss-reactive ketones (excluding diaryl/α,β-unsaturated/α-hetero) is 1. The molecule has 2 unspecified atom stereocenters. The van der Waals surface area contributed by atoms with E-state index in [0.29, 0.717) is 11.8 Å². The number of nitrogens with zero attached hydrogens (tertiary/aromatic N) is 1. The third-order valence-corrected chi connectivity index (χ3v) is 14.6. The van der Waals surface area contributed by atoms with Gasteiger partial charge in [-0.1, -0.05) is 76.5 Å². The lowest BCUT2D eigenvalue weighted by atomic mass is 9.72. The Hall–Kier alpha value is -1.21. The summed E-state index contributed by atoms with van der Waals surface area (Å²) in [7, 11) is -3.20. The van der Waals surface area contributed by atoms with Gasteiger partial charge in [-0.15, -0.1) is 0 Å². The number of hydrogen-bond acceptors (Lipinski definition) is 2. The molecule has 0 N–H and O–H groups in total. The summed E-state index contributed by atoms with van der Waals surface area (Å²) in [4.78, 5) is 28.0. The van der Waals surface area contributed by atoms with Crippen LogP contribution in [0.15, 0.2) is 30.3 Å². The van der Waals surface area contributed by atoms with E-state index in [0.717, 1.165) is 5.56 Å². The van der Waals surface area contributed by atoms with Crippen molar-refractivity contribution < 1.29 is 9.59 Å². The maximum Gasteiger partial charge on any atom is 0.233 e. The zero-order valence-corrected chi connectivity index (χ0v) is 19.0. The highest BCUT2D eigenvalue weighted by atomic mass is 28.4. The summed E-state index contributed by atoms with van der Waals surface area (Å²) in [6, 6.07) is 10.1. The normalized spacial score (nSPS) is 24.9. The Labute approximate surface area is 154 Å². The summed E-state index contributed by atoms with van der Waals surface area (Å²) < 4.78 is 0. The maximum atomic E-state index is 13.4. The van der Waals surface area contributed by atoms with Crippen LogP contribution in [0.3, 0.4) is 0 Å². The average molecular weight is 376 g/mol. The number of carbonyl (C=O) groups excluding carboxylic acids is 2. The van der Waals surface area contributed by atoms with Crippen LogP contribution in [0.2, 0.25) is 39.3 Å². The number of ketones is 1. The number of amides is 1. The number of likely N-dealkylation sites (tertiary alicyclic amines) is 1. The first-order chi connectivity index (χ1) is 11.3. The number of rotatable bonds is 5. The van der Waals surface area contributed by atoms with Crippen molar-refractivity contribution in [1.29, 1.82) is 0 Å². The second kappa shape index (κ2) is 6.51. The average Bonchev–Trinajstić information content (AvgIpc) is 2.69. The molecule has 1 aliphatic heterocycles. The van der Waals surface area contributed by atoms with E-state index in [1.165, 1.54) is 0 Å². The zero-order chi connectivity index (χ0) is 19.2. The van der Waals surface area contributed by atoms with Crippen LogP contribution in [-0.2, 0) is 15.0 Å². The molecule has 1 aromatic carbocycles. The molecule has 2 rings (SSSR count). The molecule has 5 heteroatoms. The molecule has 1 heterocycles. The molecular weight excluding hydrogens is 342 g/mol. The maximum absolute atomic E-state index is 13.4. The van der Waals surface area contributed by atoms with Gasteiger partial charge in [0, 0.05) is 17.2 Å². The van der Waals surface area contributed by atoms with E-state index < -0.39 is 27.5 Å². The lowest BCUT2D eigenvalue weighted by molar-refractivity contribution is -0.136. The number of carbonyl (C=O) groups is 2. The zero-order valence-electron chi connectivity index (χ0n) is 17.0. The van der Waals surface area contributed by atoms with Crippen LogP contribution in [0.1, 0.15) is 19.4 Å². The van der Waals surface area contributed by atoms with Gasteiger partial charge in [0.15, 0.2) is 0 Å². The Bertz CT molecular complexity index is 647. The standard InChI is InChI=1S/C20H33NO2Si2/c1-15(22)17-18(23)21(19(24(3,4)5)25(6,7)8)14-20(17,2)16-12-10-9-11-13-16/h9-13,17,19H,14H2,1-8H3. The molecule has 138 valence electrons. The van der Waals surface area contributed by atoms with Crippen molar-refractivity contribution in [3.63, 3.8) is 0 Å². The van der Waals surface area contributed by atoms with Crippen LogP contribution in [-0.4, -0.2) is 44.6 Å². The summed E-state index contributed by atoms with van der Waals surface area (Å²) >= 11 is 0. The van der Waals surface area contributed by atoms with Crippen LogP contribution in [0, 0.1) is 5.92 Å². The molecule has 0 aromatic heterocycles. The van der Waals surface area contributed by atoms with Crippen LogP contribution in [0.4, 0.5) is 0 Å². The summed E-state index contributed by atoms with van der Waals surface area (Å²) in [5.41, 5.74) is 0.651. The highest BCUT2D eigenvalue weighted by molar-refractivity contribution is 6.96. The second-order valence-electron chi connectivity index (χ2n) is 9.93. The SMILES string of the molecule is CC(=O)C1C(=O)N(C([Si](C)(C)C)[Si](C)(C)C)CC1(C)c1ccccc1. The number of hydrogen-bond donors (Lipinski definition) is 0. The summed E-state index contributed by atoms with van der Waals surface area (Å²) in [6.07, 6.45) is 0. The first kappa shape index (κ1) is 20.1. The highest BCUT2D eigenvalue weighted by Gasteiger charge is 2.57. The lowest BCUT2D eigenvalue weighted by Gasteiger charge is -2.45. The monoisotopic (exact) mass is 375 g/mol. The Morgan fingerprint density at radius 3 is 1.96 bits per heavy atom. The van der Waals surface area contributed by atoms with Gasteiger partial charge in [0.25, 0.3) is 0 Å². The molecule has 1 aromatic rings. The van der Waals surface area contributed by atoms with Crippen molar-refractivity contribution in [2.24, 2.45) is 5.92 Å². The second-order valence-corrected chi connectivity index (χ2v) is 21.1. The molecule has 0 spiro atoms. The minimum atomic E-state index is -1.60. The predicted molar refractivity (Wildman–Crippen MR) is 110 cm³/mol. The molecule has 1 amide bonds. The fourth-order valence-corrected chi connectivity index (χ4v) is 17.8. The van der Waals surface area contributed by atoms with Crippen molar-refractivity contribution in [3.8, 4) is 0 Å². The summed E-state index contributed by atoms with van der Waals surface area (Å²) in [5, 5.41) is 0.333. The van der Waals surface area contributed by atoms with E-state index in [4.69, 9.17) is 0 Å². The Balaban J connectivity index is 2.57. The molecule has 0 bridgehead atoms. The van der Waals surface area contributed by atoms with Gasteiger partial charge in [-0.25, -0.2) is 0 Å². The molecule has 3 nitrogen and oxygen atoms in total. The van der Waals surface area contributed by atoms with Gasteiger partial charge >= 0.3 is 0 Å². The highest BCUT2D eigenvalue weighted by Crippen LogP contribution is 2.43. The van der Waals surface area contributed by atoms with E-state index in [1.807, 2.05) is 18.2 Å². The largest absolute Gasteiger partial charge is 0.344 e. The van der Waals surface area contributed by atoms with Crippen LogP contribution >= 0.6 is 0 Å². The minimum absolute atomic E-state index is 0.0104. The van der Waals surface area contributed by atoms with E-state index in [2.05, 4.69) is 63.2 Å². The molecular formula is C20H33NO2Si2. The smallest absolute Gasteiger partial charge is 0.233 e. The van der Waals surface area contributed by atoms with E-state index in [-0.39, 0.29) is 11.7 Å². The van der Waals surface area contributed by atoms with Crippen molar-refractivity contribution >= 4 is 27.8 Å². The van der Waals surface area contributed by atoms with Gasteiger partial charge in [-0.05, 0) is 12.5 Å². The van der Waals surface area contributed by atoms with E-state index in [1.54, 1.807) is 6.92 Å². The third kappa shape index (κ3) is 3.67. The van der Waals surface area contributed by atoms with Gasteiger partial charge in [0.05, 0.1) is 16.1 Å². The van der Waals surface area contributed by atoms with E-state index in [9.17, 15) is 9.59 Å². The topological polar surface area (TPSA) is 37.4 Å². The molecule has 25 heavy (non-hydrogen) atoms. The van der Waals surface area contributed by atoms with Crippen molar-refractivity contribution in [3.05, 3.63) is 35.9 Å². The van der Waals surface area contributed by atoms with Crippen molar-refractivity contribution in [1.82, 2.24) is 4.90 Å². The Morgan fingerprint density at radius 1 is 1.08 bits per heavy atom. The Kier molecular flexibility index (Phi) is 5.23. The van der Waals surface area contributed by atoms with Crippen LogP contribution < -0.4 is 0 Å². The molecule has 0 radical (unpaired) electrons. The molecule has 2 atom stereocenters. The minimum Gasteiger partial charge on any atom is -0.344 e. The van der Waals surface area contributed by atoms with Crippen molar-refractivity contribution in [2.45, 2.75) is 63.8 Å². The predicted octanol–water partition coefficient (Wildman–Crippen LogP) is 4.12. The molecule has 1 fully saturated rings. The van der Waals surface area contributed by atoms with Gasteiger partial charge in [-0.3, -0.25) is 9.59 Å². The van der Waals surface area contributed by atoms with Gasteiger partial charge in [-0.2, -0.15) is 0 Å². The first-order valence-corrected chi connectivity index (χ1v) is 16.3. The summed E-state index contributed by atoms with van der Waals surface area (Å²) in [5.74, 6) is -0.525. The molecule has 0 aliphatic carbocycles. The number of benzene rings is 1. The van der Waals surface area contributed by atoms with Crippen LogP contribution in [0.5, 0.6) is 0 Å². The lowest BCUT2D eigenvalue weighted by Crippen LogP contribution is -2.64. The molecule has 1 saturated heterocycles. The van der Waals surface area contributed by atoms with E-state index >= 15 is 0 Å². The summed E-state index contributed by atoms with van der Waals surface area (Å²) in [6.45, 7) is 18.4. The third-order valence-electron chi connectivity index (χ3n) is 5.46. The quantitative estimate of drug-likeness (QED) is 0.573.